The van der Waals surface area contributed by atoms with Crippen molar-refractivity contribution in [3.8, 4) is 0 Å². The number of carbonyl (C=O) groups is 1. The van der Waals surface area contributed by atoms with Crippen LogP contribution in [0.1, 0.15) is 41.0 Å². The summed E-state index contributed by atoms with van der Waals surface area (Å²) < 4.78 is 1.98. The molecule has 128 valence electrons. The molecule has 1 aliphatic rings. The average molecular weight is 334 g/mol. The van der Waals surface area contributed by atoms with Crippen LogP contribution in [0.3, 0.4) is 0 Å². The number of carbonyl (C=O) groups excluding carboxylic acids is 1. The van der Waals surface area contributed by atoms with Crippen LogP contribution in [0.15, 0.2) is 48.9 Å². The van der Waals surface area contributed by atoms with E-state index in [1.54, 1.807) is 0 Å². The first kappa shape index (κ1) is 15.8. The van der Waals surface area contributed by atoms with E-state index in [9.17, 15) is 4.79 Å². The molecule has 0 spiro atoms. The van der Waals surface area contributed by atoms with Crippen LogP contribution in [0, 0.1) is 6.92 Å². The number of nitrogens with zero attached hydrogens (tertiary/aromatic N) is 4. The number of fused-ring (bicyclic) bond motifs is 1. The highest BCUT2D eigenvalue weighted by atomic mass is 16.2. The van der Waals surface area contributed by atoms with Crippen LogP contribution in [0.5, 0.6) is 0 Å². The second kappa shape index (κ2) is 6.67. The normalized spacial score (nSPS) is 17.3. The van der Waals surface area contributed by atoms with Crippen LogP contribution >= 0.6 is 0 Å². The molecule has 25 heavy (non-hydrogen) atoms. The molecule has 4 rings (SSSR count). The van der Waals surface area contributed by atoms with Gasteiger partial charge < -0.3 is 9.30 Å². The summed E-state index contributed by atoms with van der Waals surface area (Å²) in [6, 6.07) is 10.3. The summed E-state index contributed by atoms with van der Waals surface area (Å²) in [7, 11) is 0. The molecule has 3 aromatic rings. The van der Waals surface area contributed by atoms with Crippen molar-refractivity contribution in [1.82, 2.24) is 19.3 Å². The number of likely N-dealkylation sites (tertiary alicyclic amines) is 1. The Morgan fingerprint density at radius 3 is 2.88 bits per heavy atom. The largest absolute Gasteiger partial charge is 0.334 e. The van der Waals surface area contributed by atoms with Crippen LogP contribution in [0.2, 0.25) is 0 Å². The number of rotatable bonds is 4. The van der Waals surface area contributed by atoms with E-state index < -0.39 is 0 Å². The minimum Gasteiger partial charge on any atom is -0.334 e. The van der Waals surface area contributed by atoms with Gasteiger partial charge in [0.25, 0.3) is 5.91 Å². The maximum Gasteiger partial charge on any atom is 0.274 e. The van der Waals surface area contributed by atoms with Crippen molar-refractivity contribution >= 4 is 11.6 Å². The molecule has 1 aliphatic heterocycles. The Kier molecular flexibility index (Phi) is 4.22. The number of hydrogen-bond donors (Lipinski definition) is 0. The Labute approximate surface area is 147 Å². The van der Waals surface area contributed by atoms with Gasteiger partial charge >= 0.3 is 0 Å². The molecule has 0 radical (unpaired) electrons. The third-order valence-corrected chi connectivity index (χ3v) is 5.07. The van der Waals surface area contributed by atoms with Crippen molar-refractivity contribution in [3.63, 3.8) is 0 Å². The highest BCUT2D eigenvalue weighted by Gasteiger charge is 2.30. The van der Waals surface area contributed by atoms with Crippen molar-refractivity contribution in [3.05, 3.63) is 65.9 Å². The van der Waals surface area contributed by atoms with Gasteiger partial charge in [0.1, 0.15) is 11.3 Å². The molecule has 5 heteroatoms. The summed E-state index contributed by atoms with van der Waals surface area (Å²) in [5.74, 6) is 0.0559. The number of imidazole rings is 1. The maximum atomic E-state index is 13.0. The van der Waals surface area contributed by atoms with Gasteiger partial charge in [-0.2, -0.15) is 0 Å². The van der Waals surface area contributed by atoms with E-state index in [1.165, 1.54) is 5.56 Å². The highest BCUT2D eigenvalue weighted by molar-refractivity contribution is 5.93. The molecule has 0 unspecified atom stereocenters. The molecule has 1 atom stereocenters. The molecular weight excluding hydrogens is 312 g/mol. The van der Waals surface area contributed by atoms with Gasteiger partial charge in [0, 0.05) is 36.9 Å². The van der Waals surface area contributed by atoms with E-state index >= 15 is 0 Å². The number of pyridine rings is 2. The summed E-state index contributed by atoms with van der Waals surface area (Å²) in [5.41, 5.74) is 3.73. The zero-order chi connectivity index (χ0) is 17.2. The fourth-order valence-electron chi connectivity index (χ4n) is 3.68. The quantitative estimate of drug-likeness (QED) is 0.736. The number of aromatic nitrogens is 3. The smallest absolute Gasteiger partial charge is 0.274 e. The van der Waals surface area contributed by atoms with Gasteiger partial charge in [0.15, 0.2) is 0 Å². The third-order valence-electron chi connectivity index (χ3n) is 5.07. The van der Waals surface area contributed by atoms with Crippen molar-refractivity contribution in [2.24, 2.45) is 0 Å². The molecule has 1 saturated heterocycles. The van der Waals surface area contributed by atoms with E-state index in [0.29, 0.717) is 11.7 Å². The molecule has 0 N–H and O–H groups in total. The third kappa shape index (κ3) is 3.14. The maximum absolute atomic E-state index is 13.0. The molecule has 5 nitrogen and oxygen atoms in total. The Hall–Kier alpha value is -2.69. The van der Waals surface area contributed by atoms with E-state index in [4.69, 9.17) is 0 Å². The molecule has 0 aromatic carbocycles. The van der Waals surface area contributed by atoms with Gasteiger partial charge in [-0.3, -0.25) is 9.78 Å². The summed E-state index contributed by atoms with van der Waals surface area (Å²) in [5, 5.41) is 0. The zero-order valence-corrected chi connectivity index (χ0v) is 14.4. The van der Waals surface area contributed by atoms with E-state index in [0.717, 1.165) is 43.6 Å². The first-order valence-corrected chi connectivity index (χ1v) is 8.87. The highest BCUT2D eigenvalue weighted by Crippen LogP contribution is 2.24. The molecule has 0 bridgehead atoms. The van der Waals surface area contributed by atoms with Crippen molar-refractivity contribution < 1.29 is 4.79 Å². The minimum atomic E-state index is 0.0559. The fraction of sp³-hybridized carbons (Fsp3) is 0.350. The number of hydrogen-bond acceptors (Lipinski definition) is 3. The minimum absolute atomic E-state index is 0.0559. The summed E-state index contributed by atoms with van der Waals surface area (Å²) in [4.78, 5) is 23.6. The molecule has 1 amide bonds. The molecular formula is C20H22N4O. The summed E-state index contributed by atoms with van der Waals surface area (Å²) in [6.45, 7) is 2.85. The lowest BCUT2D eigenvalue weighted by molar-refractivity contribution is 0.0725. The molecule has 1 fully saturated rings. The summed E-state index contributed by atoms with van der Waals surface area (Å²) >= 11 is 0. The van der Waals surface area contributed by atoms with E-state index in [2.05, 4.69) is 9.97 Å². The van der Waals surface area contributed by atoms with Gasteiger partial charge in [-0.05, 0) is 62.4 Å². The van der Waals surface area contributed by atoms with Gasteiger partial charge in [-0.1, -0.05) is 6.07 Å². The SMILES string of the molecule is Cc1cccc2nc(C(=O)N3CCC[C@@H]3CCc3ccncc3)cn12. The first-order chi connectivity index (χ1) is 12.2. The van der Waals surface area contributed by atoms with Crippen LogP contribution in [0.4, 0.5) is 0 Å². The van der Waals surface area contributed by atoms with Crippen molar-refractivity contribution in [2.45, 2.75) is 38.6 Å². The zero-order valence-electron chi connectivity index (χ0n) is 14.4. The monoisotopic (exact) mass is 334 g/mol. The van der Waals surface area contributed by atoms with Crippen LogP contribution in [-0.4, -0.2) is 37.8 Å². The Morgan fingerprint density at radius 1 is 1.24 bits per heavy atom. The predicted octanol–water partition coefficient (Wildman–Crippen LogP) is 3.28. The standard InChI is InChI=1S/C20H22N4O/c1-15-4-2-6-19-22-18(14-24(15)19)20(25)23-13-3-5-17(23)8-7-16-9-11-21-12-10-16/h2,4,6,9-12,14,17H,3,5,7-8,13H2,1H3/t17-/m1/s1. The second-order valence-electron chi connectivity index (χ2n) is 6.71. The first-order valence-electron chi connectivity index (χ1n) is 8.87. The topological polar surface area (TPSA) is 50.5 Å². The Balaban J connectivity index is 1.50. The van der Waals surface area contributed by atoms with Crippen LogP contribution in [0.25, 0.3) is 5.65 Å². The summed E-state index contributed by atoms with van der Waals surface area (Å²) in [6.07, 6.45) is 9.62. The number of amides is 1. The van der Waals surface area contributed by atoms with Gasteiger partial charge in [0.2, 0.25) is 0 Å². The van der Waals surface area contributed by atoms with Crippen LogP contribution in [-0.2, 0) is 6.42 Å². The van der Waals surface area contributed by atoms with E-state index in [-0.39, 0.29) is 5.91 Å². The van der Waals surface area contributed by atoms with Crippen molar-refractivity contribution in [1.29, 1.82) is 0 Å². The second-order valence-corrected chi connectivity index (χ2v) is 6.71. The van der Waals surface area contributed by atoms with Gasteiger partial charge in [0.05, 0.1) is 0 Å². The Bertz CT molecular complexity index is 887. The lowest BCUT2D eigenvalue weighted by atomic mass is 10.0. The van der Waals surface area contributed by atoms with Crippen molar-refractivity contribution in [2.75, 3.05) is 6.54 Å². The Morgan fingerprint density at radius 2 is 2.08 bits per heavy atom. The lowest BCUT2D eigenvalue weighted by Gasteiger charge is -2.24. The van der Waals surface area contributed by atoms with Gasteiger partial charge in [-0.25, -0.2) is 4.98 Å². The molecule has 0 saturated carbocycles. The lowest BCUT2D eigenvalue weighted by Crippen LogP contribution is -2.36. The molecule has 3 aromatic heterocycles. The molecule has 0 aliphatic carbocycles. The molecule has 4 heterocycles. The fourth-order valence-corrected chi connectivity index (χ4v) is 3.68. The predicted molar refractivity (Wildman–Crippen MR) is 96.5 cm³/mol. The van der Waals surface area contributed by atoms with E-state index in [1.807, 2.05) is 65.1 Å². The van der Waals surface area contributed by atoms with Crippen LogP contribution < -0.4 is 0 Å². The average Bonchev–Trinajstić information content (AvgIpc) is 3.28. The van der Waals surface area contributed by atoms with Gasteiger partial charge in [-0.15, -0.1) is 0 Å². The number of aryl methyl sites for hydroxylation is 2.